The fourth-order valence-corrected chi connectivity index (χ4v) is 4.20. The zero-order valence-corrected chi connectivity index (χ0v) is 16.8. The fourth-order valence-electron chi connectivity index (χ4n) is 4.20. The molecule has 2 aromatic rings. The van der Waals surface area contributed by atoms with E-state index in [0.29, 0.717) is 31.9 Å². The number of hydrogen-bond acceptors (Lipinski definition) is 4. The molecule has 0 aliphatic carbocycles. The molecule has 152 valence electrons. The van der Waals surface area contributed by atoms with Crippen molar-refractivity contribution in [2.75, 3.05) is 44.2 Å². The van der Waals surface area contributed by atoms with Gasteiger partial charge in [0.05, 0.1) is 18.2 Å². The molecule has 0 unspecified atom stereocenters. The highest BCUT2D eigenvalue weighted by Gasteiger charge is 2.34. The molecule has 0 radical (unpaired) electrons. The summed E-state index contributed by atoms with van der Waals surface area (Å²) < 4.78 is 14.1. The van der Waals surface area contributed by atoms with Gasteiger partial charge in [-0.1, -0.05) is 49.4 Å². The molecule has 0 bridgehead atoms. The van der Waals surface area contributed by atoms with Gasteiger partial charge in [-0.15, -0.1) is 0 Å². The number of halogens is 1. The topological polar surface area (TPSA) is 39.2 Å². The number of nitrogens with zero attached hydrogens (tertiary/aromatic N) is 4. The Bertz CT molecular complexity index is 877. The molecule has 2 aliphatic heterocycles. The van der Waals surface area contributed by atoms with Crippen molar-refractivity contribution < 1.29 is 9.18 Å². The number of guanidine groups is 1. The molecular formula is C23H27FN4O. The molecule has 0 saturated carbocycles. The van der Waals surface area contributed by atoms with Crippen LogP contribution in [0.5, 0.6) is 0 Å². The standard InChI is InChI=1S/C23H27FN4O/c1-2-19(18-8-4-3-5-9-18)22(29)28-13-12-25-23(28)27-16-14-26(15-17-27)21-11-7-6-10-20(21)24/h3-11,19H,2,12-17H2,1H3/t19-/m1/s1. The summed E-state index contributed by atoms with van der Waals surface area (Å²) >= 11 is 0. The molecule has 29 heavy (non-hydrogen) atoms. The van der Waals surface area contributed by atoms with Gasteiger partial charge in [-0.25, -0.2) is 4.39 Å². The summed E-state index contributed by atoms with van der Waals surface area (Å²) in [6.07, 6.45) is 0.758. The summed E-state index contributed by atoms with van der Waals surface area (Å²) in [6.45, 7) is 6.17. The molecule has 1 atom stereocenters. The van der Waals surface area contributed by atoms with Crippen molar-refractivity contribution in [2.24, 2.45) is 4.99 Å². The number of benzene rings is 2. The van der Waals surface area contributed by atoms with Gasteiger partial charge >= 0.3 is 0 Å². The van der Waals surface area contributed by atoms with Gasteiger partial charge in [-0.2, -0.15) is 0 Å². The van der Waals surface area contributed by atoms with Crippen molar-refractivity contribution >= 4 is 17.6 Å². The van der Waals surface area contributed by atoms with Crippen molar-refractivity contribution in [3.63, 3.8) is 0 Å². The maximum absolute atomic E-state index is 14.1. The average Bonchev–Trinajstić information content (AvgIpc) is 3.25. The number of aliphatic imine (C=N–C) groups is 1. The Hall–Kier alpha value is -2.89. The molecular weight excluding hydrogens is 367 g/mol. The summed E-state index contributed by atoms with van der Waals surface area (Å²) in [6, 6.07) is 16.9. The Morgan fingerprint density at radius 2 is 1.62 bits per heavy atom. The molecule has 0 N–H and O–H groups in total. The van der Waals surface area contributed by atoms with Crippen molar-refractivity contribution in [1.29, 1.82) is 0 Å². The number of para-hydroxylation sites is 1. The van der Waals surface area contributed by atoms with Crippen LogP contribution in [-0.4, -0.2) is 60.9 Å². The van der Waals surface area contributed by atoms with E-state index in [1.165, 1.54) is 6.07 Å². The number of carbonyl (C=O) groups excluding carboxylic acids is 1. The predicted molar refractivity (Wildman–Crippen MR) is 114 cm³/mol. The molecule has 5 nitrogen and oxygen atoms in total. The van der Waals surface area contributed by atoms with Gasteiger partial charge in [-0.3, -0.25) is 14.7 Å². The predicted octanol–water partition coefficient (Wildman–Crippen LogP) is 3.34. The van der Waals surface area contributed by atoms with Crippen molar-refractivity contribution in [1.82, 2.24) is 9.80 Å². The van der Waals surface area contributed by atoms with Crippen molar-refractivity contribution in [2.45, 2.75) is 19.3 Å². The van der Waals surface area contributed by atoms with E-state index in [0.717, 1.165) is 31.0 Å². The monoisotopic (exact) mass is 394 g/mol. The molecule has 0 aromatic heterocycles. The van der Waals surface area contributed by atoms with Crippen LogP contribution in [0.3, 0.4) is 0 Å². The lowest BCUT2D eigenvalue weighted by atomic mass is 9.95. The Labute approximate surface area is 171 Å². The van der Waals surface area contributed by atoms with Gasteiger partial charge in [-0.05, 0) is 24.1 Å². The lowest BCUT2D eigenvalue weighted by Gasteiger charge is -2.39. The van der Waals surface area contributed by atoms with Crippen LogP contribution in [0.15, 0.2) is 59.6 Å². The smallest absolute Gasteiger partial charge is 0.236 e. The summed E-state index contributed by atoms with van der Waals surface area (Å²) in [7, 11) is 0. The van der Waals surface area contributed by atoms with Crippen molar-refractivity contribution in [3.05, 3.63) is 66.0 Å². The number of piperazine rings is 1. The van der Waals surface area contributed by atoms with Crippen LogP contribution in [0.2, 0.25) is 0 Å². The van der Waals surface area contributed by atoms with Crippen LogP contribution in [0.25, 0.3) is 0 Å². The van der Waals surface area contributed by atoms with E-state index < -0.39 is 0 Å². The Balaban J connectivity index is 1.44. The highest BCUT2D eigenvalue weighted by atomic mass is 19.1. The van der Waals surface area contributed by atoms with Crippen molar-refractivity contribution in [3.8, 4) is 0 Å². The van der Waals surface area contributed by atoms with E-state index in [1.54, 1.807) is 6.07 Å². The molecule has 6 heteroatoms. The second-order valence-corrected chi connectivity index (χ2v) is 7.47. The van der Waals surface area contributed by atoms with Crippen LogP contribution >= 0.6 is 0 Å². The first kappa shape index (κ1) is 19.4. The van der Waals surface area contributed by atoms with Gasteiger partial charge in [0.1, 0.15) is 5.82 Å². The third-order valence-corrected chi connectivity index (χ3v) is 5.75. The Morgan fingerprint density at radius 1 is 0.966 bits per heavy atom. The Kier molecular flexibility index (Phi) is 5.79. The van der Waals surface area contributed by atoms with Gasteiger partial charge in [0.2, 0.25) is 11.9 Å². The molecule has 2 aromatic carbocycles. The van der Waals surface area contributed by atoms with Crippen LogP contribution in [-0.2, 0) is 4.79 Å². The number of hydrogen-bond donors (Lipinski definition) is 0. The first-order chi connectivity index (χ1) is 14.2. The van der Waals surface area contributed by atoms with Crippen LogP contribution in [0.4, 0.5) is 10.1 Å². The van der Waals surface area contributed by atoms with Crippen LogP contribution in [0, 0.1) is 5.82 Å². The lowest BCUT2D eigenvalue weighted by Crippen LogP contribution is -2.54. The van der Waals surface area contributed by atoms with Gasteiger partial charge in [0, 0.05) is 32.7 Å². The van der Waals surface area contributed by atoms with Gasteiger partial charge < -0.3 is 9.80 Å². The zero-order chi connectivity index (χ0) is 20.2. The summed E-state index contributed by atoms with van der Waals surface area (Å²) in [5.74, 6) is 0.549. The number of amides is 1. The maximum atomic E-state index is 14.1. The number of rotatable bonds is 4. The molecule has 1 saturated heterocycles. The molecule has 2 aliphatic rings. The minimum absolute atomic E-state index is 0.117. The first-order valence-corrected chi connectivity index (χ1v) is 10.3. The fraction of sp³-hybridized carbons (Fsp3) is 0.391. The van der Waals surface area contributed by atoms with Crippen LogP contribution < -0.4 is 4.90 Å². The van der Waals surface area contributed by atoms with E-state index in [9.17, 15) is 9.18 Å². The molecule has 1 fully saturated rings. The molecule has 4 rings (SSSR count). The third-order valence-electron chi connectivity index (χ3n) is 5.75. The minimum atomic E-state index is -0.190. The highest BCUT2D eigenvalue weighted by molar-refractivity contribution is 6.01. The normalized spacial score (nSPS) is 18.0. The third kappa shape index (κ3) is 3.97. The summed E-state index contributed by atoms with van der Waals surface area (Å²) in [5, 5.41) is 0. The maximum Gasteiger partial charge on any atom is 0.236 e. The second-order valence-electron chi connectivity index (χ2n) is 7.47. The minimum Gasteiger partial charge on any atom is -0.366 e. The van der Waals surface area contributed by atoms with Gasteiger partial charge in [0.15, 0.2) is 0 Å². The quantitative estimate of drug-likeness (QED) is 0.799. The SMILES string of the molecule is CC[C@@H](C(=O)N1CCN=C1N1CCN(c2ccccc2F)CC1)c1ccccc1. The highest BCUT2D eigenvalue weighted by Crippen LogP contribution is 2.25. The summed E-state index contributed by atoms with van der Waals surface area (Å²) in [4.78, 5) is 24.0. The average molecular weight is 394 g/mol. The van der Waals surface area contributed by atoms with E-state index in [-0.39, 0.29) is 17.6 Å². The van der Waals surface area contributed by atoms with E-state index >= 15 is 0 Å². The number of anilines is 1. The zero-order valence-electron chi connectivity index (χ0n) is 16.8. The first-order valence-electron chi connectivity index (χ1n) is 10.3. The largest absolute Gasteiger partial charge is 0.366 e. The molecule has 0 spiro atoms. The Morgan fingerprint density at radius 3 is 2.31 bits per heavy atom. The van der Waals surface area contributed by atoms with Crippen LogP contribution in [0.1, 0.15) is 24.8 Å². The summed E-state index contributed by atoms with van der Waals surface area (Å²) in [5.41, 5.74) is 1.69. The lowest BCUT2D eigenvalue weighted by molar-refractivity contribution is -0.129. The number of carbonyl (C=O) groups is 1. The van der Waals surface area contributed by atoms with E-state index in [2.05, 4.69) is 21.7 Å². The van der Waals surface area contributed by atoms with E-state index in [1.807, 2.05) is 47.4 Å². The van der Waals surface area contributed by atoms with Gasteiger partial charge in [0.25, 0.3) is 0 Å². The molecule has 2 heterocycles. The molecule has 1 amide bonds. The second kappa shape index (κ2) is 8.64. The van der Waals surface area contributed by atoms with E-state index in [4.69, 9.17) is 0 Å².